The van der Waals surface area contributed by atoms with Crippen LogP contribution in [0.3, 0.4) is 0 Å². The van der Waals surface area contributed by atoms with Gasteiger partial charge in [0, 0.05) is 36.1 Å². The molecule has 1 atom stereocenters. The summed E-state index contributed by atoms with van der Waals surface area (Å²) in [5.41, 5.74) is 3.19. The quantitative estimate of drug-likeness (QED) is 0.413. The Morgan fingerprint density at radius 1 is 0.871 bits per heavy atom. The van der Waals surface area contributed by atoms with Gasteiger partial charge in [0.2, 0.25) is 5.91 Å². The van der Waals surface area contributed by atoms with E-state index in [0.717, 1.165) is 17.7 Å². The highest BCUT2D eigenvalue weighted by atomic mass is 35.5. The van der Waals surface area contributed by atoms with Crippen LogP contribution in [0.4, 0.5) is 5.69 Å². The molecule has 31 heavy (non-hydrogen) atoms. The van der Waals surface area contributed by atoms with Crippen LogP contribution in [0.15, 0.2) is 72.8 Å². The van der Waals surface area contributed by atoms with Gasteiger partial charge in [-0.15, -0.1) is 0 Å². The van der Waals surface area contributed by atoms with Gasteiger partial charge in [0.1, 0.15) is 0 Å². The predicted octanol–water partition coefficient (Wildman–Crippen LogP) is 6.67. The number of piperazine rings is 1. The monoisotopic (exact) mass is 472 g/mol. The van der Waals surface area contributed by atoms with Crippen molar-refractivity contribution in [1.82, 2.24) is 4.90 Å². The fourth-order valence-electron chi connectivity index (χ4n) is 4.04. The van der Waals surface area contributed by atoms with Gasteiger partial charge >= 0.3 is 0 Å². The number of anilines is 1. The fraction of sp³-hybridized carbons (Fsp3) is 0.240. The van der Waals surface area contributed by atoms with Crippen molar-refractivity contribution in [3.05, 3.63) is 99.0 Å². The zero-order chi connectivity index (χ0) is 21.8. The van der Waals surface area contributed by atoms with E-state index in [9.17, 15) is 4.79 Å². The summed E-state index contributed by atoms with van der Waals surface area (Å²) in [6, 6.07) is 23.4. The maximum absolute atomic E-state index is 13.0. The molecule has 1 saturated heterocycles. The SMILES string of the molecule is O=C(CCc1ccccc1)N1CCN(c2ccc(Cl)cc2Cl)C(c2ccc(Cl)cc2)C1. The van der Waals surface area contributed by atoms with Crippen LogP contribution in [-0.4, -0.2) is 30.4 Å². The Hall–Kier alpha value is -2.20. The summed E-state index contributed by atoms with van der Waals surface area (Å²) in [4.78, 5) is 17.2. The van der Waals surface area contributed by atoms with Gasteiger partial charge in [0.25, 0.3) is 0 Å². The van der Waals surface area contributed by atoms with Gasteiger partial charge < -0.3 is 9.80 Å². The highest BCUT2D eigenvalue weighted by Gasteiger charge is 2.31. The molecule has 0 aliphatic carbocycles. The Morgan fingerprint density at radius 2 is 1.58 bits per heavy atom. The Balaban J connectivity index is 1.55. The normalized spacial score (nSPS) is 16.4. The average Bonchev–Trinajstić information content (AvgIpc) is 2.78. The second-order valence-corrected chi connectivity index (χ2v) is 8.96. The summed E-state index contributed by atoms with van der Waals surface area (Å²) in [7, 11) is 0. The molecule has 3 nitrogen and oxygen atoms in total. The van der Waals surface area contributed by atoms with E-state index in [1.807, 2.05) is 59.5 Å². The Labute approximate surface area is 198 Å². The summed E-state index contributed by atoms with van der Waals surface area (Å²) in [5.74, 6) is 0.171. The maximum atomic E-state index is 13.0. The third kappa shape index (κ3) is 5.35. The molecule has 6 heteroatoms. The molecule has 1 unspecified atom stereocenters. The minimum atomic E-state index is -0.0228. The molecule has 3 aromatic carbocycles. The first-order valence-corrected chi connectivity index (χ1v) is 11.4. The molecule has 4 rings (SSSR count). The molecule has 3 aromatic rings. The maximum Gasteiger partial charge on any atom is 0.223 e. The molecular formula is C25H23Cl3N2O. The van der Waals surface area contributed by atoms with E-state index >= 15 is 0 Å². The molecule has 0 saturated carbocycles. The number of aryl methyl sites for hydroxylation is 1. The summed E-state index contributed by atoms with van der Waals surface area (Å²) in [6.07, 6.45) is 1.24. The first kappa shape index (κ1) is 22.0. The van der Waals surface area contributed by atoms with Crippen molar-refractivity contribution in [3.63, 3.8) is 0 Å². The van der Waals surface area contributed by atoms with E-state index in [0.29, 0.717) is 41.1 Å². The van der Waals surface area contributed by atoms with E-state index in [-0.39, 0.29) is 11.9 Å². The van der Waals surface area contributed by atoms with Crippen molar-refractivity contribution in [2.75, 3.05) is 24.5 Å². The number of carbonyl (C=O) groups is 1. The van der Waals surface area contributed by atoms with Crippen LogP contribution in [0.1, 0.15) is 23.6 Å². The Morgan fingerprint density at radius 3 is 2.29 bits per heavy atom. The molecule has 160 valence electrons. The second-order valence-electron chi connectivity index (χ2n) is 7.68. The zero-order valence-corrected chi connectivity index (χ0v) is 19.2. The minimum Gasteiger partial charge on any atom is -0.360 e. The van der Waals surface area contributed by atoms with Crippen molar-refractivity contribution in [2.45, 2.75) is 18.9 Å². The third-order valence-electron chi connectivity index (χ3n) is 5.68. The summed E-state index contributed by atoms with van der Waals surface area (Å²) in [6.45, 7) is 1.93. The lowest BCUT2D eigenvalue weighted by atomic mass is 10.0. The number of benzene rings is 3. The first-order valence-electron chi connectivity index (χ1n) is 10.3. The van der Waals surface area contributed by atoms with Gasteiger partial charge in [0.05, 0.1) is 16.8 Å². The lowest BCUT2D eigenvalue weighted by Gasteiger charge is -2.43. The molecule has 1 heterocycles. The largest absolute Gasteiger partial charge is 0.360 e. The number of nitrogens with zero attached hydrogens (tertiary/aromatic N) is 2. The molecule has 1 aliphatic rings. The lowest BCUT2D eigenvalue weighted by Crippen LogP contribution is -2.50. The molecular weight excluding hydrogens is 451 g/mol. The Kier molecular flexibility index (Phi) is 7.06. The molecule has 1 fully saturated rings. The highest BCUT2D eigenvalue weighted by molar-refractivity contribution is 6.36. The standard InChI is InChI=1S/C25H23Cl3N2O/c26-20-9-7-19(8-10-20)24-17-29(25(31)13-6-18-4-2-1-3-5-18)14-15-30(24)23-12-11-21(27)16-22(23)28/h1-5,7-12,16,24H,6,13-15,17H2. The Bertz CT molecular complexity index is 1040. The fourth-order valence-corrected chi connectivity index (χ4v) is 4.68. The van der Waals surface area contributed by atoms with Crippen molar-refractivity contribution in [1.29, 1.82) is 0 Å². The predicted molar refractivity (Wildman–Crippen MR) is 129 cm³/mol. The van der Waals surface area contributed by atoms with Crippen molar-refractivity contribution < 1.29 is 4.79 Å². The minimum absolute atomic E-state index is 0.0228. The second kappa shape index (κ2) is 9.95. The van der Waals surface area contributed by atoms with Gasteiger partial charge in [-0.1, -0.05) is 77.3 Å². The third-order valence-corrected chi connectivity index (χ3v) is 6.47. The highest BCUT2D eigenvalue weighted by Crippen LogP contribution is 2.37. The van der Waals surface area contributed by atoms with Crippen molar-refractivity contribution in [3.8, 4) is 0 Å². The van der Waals surface area contributed by atoms with Crippen LogP contribution in [0.2, 0.25) is 15.1 Å². The molecule has 0 aromatic heterocycles. The van der Waals surface area contributed by atoms with E-state index in [1.165, 1.54) is 5.56 Å². The smallest absolute Gasteiger partial charge is 0.223 e. The van der Waals surface area contributed by atoms with Crippen LogP contribution in [-0.2, 0) is 11.2 Å². The topological polar surface area (TPSA) is 23.6 Å². The number of hydrogen-bond acceptors (Lipinski definition) is 2. The summed E-state index contributed by atoms with van der Waals surface area (Å²) >= 11 is 18.7. The molecule has 0 radical (unpaired) electrons. The molecule has 0 N–H and O–H groups in total. The summed E-state index contributed by atoms with van der Waals surface area (Å²) in [5, 5.41) is 1.90. The molecule has 0 spiro atoms. The van der Waals surface area contributed by atoms with E-state index < -0.39 is 0 Å². The van der Waals surface area contributed by atoms with E-state index in [1.54, 1.807) is 6.07 Å². The van der Waals surface area contributed by atoms with Crippen LogP contribution < -0.4 is 4.90 Å². The van der Waals surface area contributed by atoms with E-state index in [4.69, 9.17) is 34.8 Å². The van der Waals surface area contributed by atoms with Crippen LogP contribution in [0.5, 0.6) is 0 Å². The number of halogens is 3. The number of amides is 1. The van der Waals surface area contributed by atoms with Crippen molar-refractivity contribution in [2.24, 2.45) is 0 Å². The van der Waals surface area contributed by atoms with Gasteiger partial charge in [-0.05, 0) is 47.9 Å². The molecule has 1 aliphatic heterocycles. The average molecular weight is 474 g/mol. The van der Waals surface area contributed by atoms with E-state index in [2.05, 4.69) is 17.0 Å². The van der Waals surface area contributed by atoms with Gasteiger partial charge in [-0.3, -0.25) is 4.79 Å². The zero-order valence-electron chi connectivity index (χ0n) is 17.0. The van der Waals surface area contributed by atoms with Gasteiger partial charge in [-0.2, -0.15) is 0 Å². The lowest BCUT2D eigenvalue weighted by molar-refractivity contribution is -0.132. The summed E-state index contributed by atoms with van der Waals surface area (Å²) < 4.78 is 0. The van der Waals surface area contributed by atoms with Gasteiger partial charge in [-0.25, -0.2) is 0 Å². The molecule has 0 bridgehead atoms. The van der Waals surface area contributed by atoms with Crippen LogP contribution in [0, 0.1) is 0 Å². The van der Waals surface area contributed by atoms with Crippen LogP contribution in [0.25, 0.3) is 0 Å². The van der Waals surface area contributed by atoms with Crippen LogP contribution >= 0.6 is 34.8 Å². The molecule has 1 amide bonds. The van der Waals surface area contributed by atoms with Crippen molar-refractivity contribution >= 4 is 46.4 Å². The first-order chi connectivity index (χ1) is 15.0. The number of hydrogen-bond donors (Lipinski definition) is 0. The van der Waals surface area contributed by atoms with Gasteiger partial charge in [0.15, 0.2) is 0 Å². The number of carbonyl (C=O) groups excluding carboxylic acids is 1. The number of rotatable bonds is 5.